The van der Waals surface area contributed by atoms with Crippen LogP contribution in [0.1, 0.15) is 18.4 Å². The van der Waals surface area contributed by atoms with Crippen LogP contribution in [0.25, 0.3) is 0 Å². The van der Waals surface area contributed by atoms with E-state index in [4.69, 9.17) is 0 Å². The maximum absolute atomic E-state index is 13.7. The van der Waals surface area contributed by atoms with Crippen molar-refractivity contribution in [2.45, 2.75) is 25.3 Å². The van der Waals surface area contributed by atoms with Crippen molar-refractivity contribution in [2.75, 3.05) is 31.1 Å². The fourth-order valence-electron chi connectivity index (χ4n) is 4.06. The Morgan fingerprint density at radius 1 is 1.11 bits per heavy atom. The van der Waals surface area contributed by atoms with E-state index in [9.17, 15) is 9.18 Å². The van der Waals surface area contributed by atoms with Gasteiger partial charge in [0.05, 0.1) is 6.04 Å². The van der Waals surface area contributed by atoms with Crippen molar-refractivity contribution in [3.63, 3.8) is 0 Å². The summed E-state index contributed by atoms with van der Waals surface area (Å²) in [5, 5.41) is 2.97. The lowest BCUT2D eigenvalue weighted by atomic mass is 9.95. The van der Waals surface area contributed by atoms with Gasteiger partial charge in [-0.25, -0.2) is 19.2 Å². The van der Waals surface area contributed by atoms with E-state index in [2.05, 4.69) is 20.2 Å². The predicted octanol–water partition coefficient (Wildman–Crippen LogP) is 2.47. The molecule has 0 radical (unpaired) electrons. The first-order valence-electron chi connectivity index (χ1n) is 9.50. The molecule has 5 rings (SSSR count). The number of nitrogens with one attached hydrogen (secondary N) is 1. The van der Waals surface area contributed by atoms with Gasteiger partial charge in [-0.3, -0.25) is 0 Å². The molecule has 27 heavy (non-hydrogen) atoms. The standard InChI is InChI=1S/C20H24FN5O/c21-18-5-2-1-4-16(18)8-11-24-20(27)26-13-15-6-7-17(26)14-25(12-15)19-22-9-3-10-23-19/h1-5,9-10,15,17H,6-8,11-14H2,(H,24,27). The smallest absolute Gasteiger partial charge is 0.317 e. The molecule has 0 aliphatic carbocycles. The van der Waals surface area contributed by atoms with Gasteiger partial charge >= 0.3 is 6.03 Å². The Bertz CT molecular complexity index is 787. The number of hydrogen-bond donors (Lipinski definition) is 1. The van der Waals surface area contributed by atoms with Gasteiger partial charge in [0.2, 0.25) is 5.95 Å². The Morgan fingerprint density at radius 3 is 2.74 bits per heavy atom. The zero-order valence-corrected chi connectivity index (χ0v) is 15.2. The van der Waals surface area contributed by atoms with Crippen LogP contribution in [-0.4, -0.2) is 53.1 Å². The van der Waals surface area contributed by atoms with Crippen LogP contribution in [0.15, 0.2) is 42.7 Å². The third-order valence-corrected chi connectivity index (χ3v) is 5.44. The summed E-state index contributed by atoms with van der Waals surface area (Å²) in [5.74, 6) is 0.931. The maximum Gasteiger partial charge on any atom is 0.317 e. The summed E-state index contributed by atoms with van der Waals surface area (Å²) < 4.78 is 13.7. The molecule has 2 aromatic rings. The number of piperidine rings is 1. The number of fused-ring (bicyclic) bond motifs is 4. The zero-order valence-electron chi connectivity index (χ0n) is 15.2. The monoisotopic (exact) mass is 369 g/mol. The quantitative estimate of drug-likeness (QED) is 0.899. The number of benzene rings is 1. The molecule has 3 aliphatic rings. The van der Waals surface area contributed by atoms with Crippen molar-refractivity contribution < 1.29 is 9.18 Å². The fraction of sp³-hybridized carbons (Fsp3) is 0.450. The second-order valence-corrected chi connectivity index (χ2v) is 7.28. The van der Waals surface area contributed by atoms with E-state index in [1.165, 1.54) is 6.07 Å². The molecule has 2 amide bonds. The highest BCUT2D eigenvalue weighted by molar-refractivity contribution is 5.75. The average Bonchev–Trinajstić information content (AvgIpc) is 3.02. The summed E-state index contributed by atoms with van der Waals surface area (Å²) in [4.78, 5) is 25.6. The molecule has 4 heterocycles. The van der Waals surface area contributed by atoms with Crippen molar-refractivity contribution in [3.05, 3.63) is 54.1 Å². The van der Waals surface area contributed by atoms with E-state index >= 15 is 0 Å². The Balaban J connectivity index is 1.36. The third kappa shape index (κ3) is 4.02. The Hall–Kier alpha value is -2.70. The highest BCUT2D eigenvalue weighted by Gasteiger charge is 2.37. The number of aromatic nitrogens is 2. The largest absolute Gasteiger partial charge is 0.338 e. The summed E-state index contributed by atoms with van der Waals surface area (Å²) in [7, 11) is 0. The van der Waals surface area contributed by atoms with E-state index in [1.54, 1.807) is 24.5 Å². The van der Waals surface area contributed by atoms with Crippen molar-refractivity contribution >= 4 is 12.0 Å². The molecule has 1 N–H and O–H groups in total. The summed E-state index contributed by atoms with van der Waals surface area (Å²) in [6, 6.07) is 8.60. The molecule has 3 saturated heterocycles. The Kier molecular flexibility index (Phi) is 5.18. The molecule has 2 atom stereocenters. The van der Waals surface area contributed by atoms with Gasteiger partial charge in [0.25, 0.3) is 0 Å². The van der Waals surface area contributed by atoms with Crippen LogP contribution in [0.5, 0.6) is 0 Å². The first-order chi connectivity index (χ1) is 13.2. The molecule has 1 aromatic heterocycles. The number of urea groups is 1. The molecule has 7 heteroatoms. The van der Waals surface area contributed by atoms with Crippen molar-refractivity contribution in [1.82, 2.24) is 20.2 Å². The Labute approximate surface area is 158 Å². The highest BCUT2D eigenvalue weighted by atomic mass is 19.1. The van der Waals surface area contributed by atoms with Crippen LogP contribution in [-0.2, 0) is 6.42 Å². The summed E-state index contributed by atoms with van der Waals surface area (Å²) in [6.45, 7) is 2.81. The van der Waals surface area contributed by atoms with Gasteiger partial charge in [-0.2, -0.15) is 0 Å². The van der Waals surface area contributed by atoms with Crippen LogP contribution < -0.4 is 10.2 Å². The first kappa shape index (κ1) is 17.7. The van der Waals surface area contributed by atoms with Crippen LogP contribution in [0, 0.1) is 11.7 Å². The summed E-state index contributed by atoms with van der Waals surface area (Å²) in [5.41, 5.74) is 0.627. The molecular weight excluding hydrogens is 345 g/mol. The van der Waals surface area contributed by atoms with Crippen molar-refractivity contribution in [1.29, 1.82) is 0 Å². The minimum absolute atomic E-state index is 0.0585. The van der Waals surface area contributed by atoms with Crippen LogP contribution in [0.4, 0.5) is 15.1 Å². The second-order valence-electron chi connectivity index (χ2n) is 7.28. The lowest BCUT2D eigenvalue weighted by molar-refractivity contribution is 0.143. The van der Waals surface area contributed by atoms with Gasteiger partial charge < -0.3 is 15.1 Å². The van der Waals surface area contributed by atoms with Gasteiger partial charge in [-0.15, -0.1) is 0 Å². The van der Waals surface area contributed by atoms with E-state index in [0.29, 0.717) is 24.4 Å². The number of hydrogen-bond acceptors (Lipinski definition) is 4. The average molecular weight is 369 g/mol. The number of rotatable bonds is 4. The second kappa shape index (κ2) is 7.90. The molecule has 2 unspecified atom stereocenters. The van der Waals surface area contributed by atoms with Crippen molar-refractivity contribution in [2.24, 2.45) is 5.92 Å². The molecule has 3 aliphatic heterocycles. The normalized spacial score (nSPS) is 21.8. The fourth-order valence-corrected chi connectivity index (χ4v) is 4.06. The molecule has 0 spiro atoms. The van der Waals surface area contributed by atoms with Gasteiger partial charge in [0.1, 0.15) is 5.82 Å². The topological polar surface area (TPSA) is 61.4 Å². The van der Waals surface area contributed by atoms with Gasteiger partial charge in [0, 0.05) is 38.6 Å². The molecular formula is C20H24FN5O. The highest BCUT2D eigenvalue weighted by Crippen LogP contribution is 2.29. The van der Waals surface area contributed by atoms with E-state index < -0.39 is 0 Å². The molecule has 142 valence electrons. The van der Waals surface area contributed by atoms with Gasteiger partial charge in [-0.1, -0.05) is 18.2 Å². The number of amides is 2. The SMILES string of the molecule is O=C(NCCc1ccccc1F)N1CC2CCC1CN(c1ncccn1)C2. The zero-order chi connectivity index (χ0) is 18.6. The van der Waals surface area contributed by atoms with Gasteiger partial charge in [0.15, 0.2) is 0 Å². The number of halogens is 1. The lowest BCUT2D eigenvalue weighted by Crippen LogP contribution is -2.51. The maximum atomic E-state index is 13.7. The summed E-state index contributed by atoms with van der Waals surface area (Å²) in [6.07, 6.45) is 6.11. The van der Waals surface area contributed by atoms with Crippen molar-refractivity contribution in [3.8, 4) is 0 Å². The number of anilines is 1. The minimum Gasteiger partial charge on any atom is -0.338 e. The number of nitrogens with zero attached hydrogens (tertiary/aromatic N) is 4. The first-order valence-corrected chi connectivity index (χ1v) is 9.50. The molecule has 1 aromatic carbocycles. The lowest BCUT2D eigenvalue weighted by Gasteiger charge is -2.36. The van der Waals surface area contributed by atoms with Crippen LogP contribution in [0.3, 0.4) is 0 Å². The van der Waals surface area contributed by atoms with Crippen LogP contribution >= 0.6 is 0 Å². The molecule has 6 nitrogen and oxygen atoms in total. The van der Waals surface area contributed by atoms with Crippen LogP contribution in [0.2, 0.25) is 0 Å². The van der Waals surface area contributed by atoms with E-state index in [0.717, 1.165) is 38.4 Å². The molecule has 0 saturated carbocycles. The molecule has 3 fully saturated rings. The Morgan fingerprint density at radius 2 is 1.93 bits per heavy atom. The van der Waals surface area contributed by atoms with E-state index in [-0.39, 0.29) is 17.9 Å². The number of carbonyl (C=O) groups is 1. The van der Waals surface area contributed by atoms with Gasteiger partial charge in [-0.05, 0) is 42.9 Å². The van der Waals surface area contributed by atoms with E-state index in [1.807, 2.05) is 17.0 Å². The third-order valence-electron chi connectivity index (χ3n) is 5.44. The molecule has 2 bridgehead atoms. The predicted molar refractivity (Wildman–Crippen MR) is 101 cm³/mol. The minimum atomic E-state index is -0.223. The summed E-state index contributed by atoms with van der Waals surface area (Å²) >= 11 is 0. The number of carbonyl (C=O) groups excluding carboxylic acids is 1.